The fourth-order valence-electron chi connectivity index (χ4n) is 4.59. The first-order valence-corrected chi connectivity index (χ1v) is 14.8. The Balaban J connectivity index is 1.17. The third-order valence-corrected chi connectivity index (χ3v) is 7.79. The van der Waals surface area contributed by atoms with Crippen LogP contribution in [0.4, 0.5) is 24.0 Å². The quantitative estimate of drug-likeness (QED) is 0.172. The van der Waals surface area contributed by atoms with Crippen LogP contribution in [-0.2, 0) is 10.9 Å². The summed E-state index contributed by atoms with van der Waals surface area (Å²) in [6.45, 7) is 1.96. The van der Waals surface area contributed by atoms with Crippen molar-refractivity contribution in [2.24, 2.45) is 0 Å². The lowest BCUT2D eigenvalue weighted by atomic mass is 10.1. The summed E-state index contributed by atoms with van der Waals surface area (Å²) in [7, 11) is 1.47. The predicted molar refractivity (Wildman–Crippen MR) is 168 cm³/mol. The molecular formula is C32H23F3N6O5S. The molecule has 0 bridgehead atoms. The van der Waals surface area contributed by atoms with E-state index in [1.165, 1.54) is 42.7 Å². The zero-order valence-electron chi connectivity index (χ0n) is 24.6. The maximum absolute atomic E-state index is 14.0. The second-order valence-electron chi connectivity index (χ2n) is 9.96. The number of aromatic nitrogens is 4. The highest BCUT2D eigenvalue weighted by Gasteiger charge is 2.35. The monoisotopic (exact) mass is 660 g/mol. The lowest BCUT2D eigenvalue weighted by molar-refractivity contribution is -0.142. The van der Waals surface area contributed by atoms with Crippen molar-refractivity contribution in [3.05, 3.63) is 101 Å². The number of ether oxygens (including phenoxy) is 2. The summed E-state index contributed by atoms with van der Waals surface area (Å²) in [5.74, 6) is -1.17. The molecule has 0 fully saturated rings. The maximum Gasteiger partial charge on any atom is 0.433 e. The minimum atomic E-state index is -4.78. The van der Waals surface area contributed by atoms with Gasteiger partial charge in [0, 0.05) is 22.9 Å². The van der Waals surface area contributed by atoms with Crippen LogP contribution in [0.5, 0.6) is 5.75 Å². The Kier molecular flexibility index (Phi) is 8.30. The molecule has 47 heavy (non-hydrogen) atoms. The molecule has 0 radical (unpaired) electrons. The number of hydrogen-bond acceptors (Lipinski definition) is 9. The third kappa shape index (κ3) is 6.60. The van der Waals surface area contributed by atoms with Gasteiger partial charge >= 0.3 is 12.1 Å². The lowest BCUT2D eigenvalue weighted by Crippen LogP contribution is -2.16. The van der Waals surface area contributed by atoms with Crippen molar-refractivity contribution in [2.75, 3.05) is 24.4 Å². The maximum atomic E-state index is 14.0. The van der Waals surface area contributed by atoms with Gasteiger partial charge in [-0.3, -0.25) is 14.9 Å². The van der Waals surface area contributed by atoms with Crippen LogP contribution in [0.1, 0.15) is 43.8 Å². The van der Waals surface area contributed by atoms with E-state index in [9.17, 15) is 27.6 Å². The number of hydrogen-bond donors (Lipinski definition) is 2. The van der Waals surface area contributed by atoms with Gasteiger partial charge in [-0.2, -0.15) is 18.3 Å². The second kappa shape index (κ2) is 12.5. The molecule has 0 aliphatic rings. The van der Waals surface area contributed by atoms with Gasteiger partial charge in [0.2, 0.25) is 0 Å². The molecule has 0 saturated heterocycles. The first-order valence-electron chi connectivity index (χ1n) is 14.0. The standard InChI is InChI=1S/C32H23F3N6O5S/c1-3-46-30(44)19-8-13-22-25(14-19)47-31(38-22)39-28(42)18-4-9-20(10-5-18)36-29(43)24-16-27-37-23(17-6-11-21(45-2)12-7-17)15-26(32(33,34)35)41(27)40-24/h4-16H,3H2,1-2H3,(H,36,43)(H,38,39,42). The van der Waals surface area contributed by atoms with E-state index in [1.54, 1.807) is 49.4 Å². The van der Waals surface area contributed by atoms with Crippen LogP contribution >= 0.6 is 11.3 Å². The van der Waals surface area contributed by atoms with Crippen LogP contribution in [-0.4, -0.2) is 51.1 Å². The number of carbonyl (C=O) groups is 3. The van der Waals surface area contributed by atoms with Gasteiger partial charge < -0.3 is 14.8 Å². The molecule has 0 aliphatic carbocycles. The largest absolute Gasteiger partial charge is 0.497 e. The second-order valence-corrected chi connectivity index (χ2v) is 11.0. The number of fused-ring (bicyclic) bond motifs is 2. The van der Waals surface area contributed by atoms with E-state index in [2.05, 4.69) is 25.7 Å². The van der Waals surface area contributed by atoms with Gasteiger partial charge in [-0.15, -0.1) is 0 Å². The van der Waals surface area contributed by atoms with E-state index in [-0.39, 0.29) is 34.9 Å². The fraction of sp³-hybridized carbons (Fsp3) is 0.125. The van der Waals surface area contributed by atoms with Gasteiger partial charge in [-0.25, -0.2) is 19.3 Å². The van der Waals surface area contributed by atoms with Gasteiger partial charge in [0.1, 0.15) is 5.75 Å². The normalized spacial score (nSPS) is 11.4. The molecule has 0 unspecified atom stereocenters. The summed E-state index contributed by atoms with van der Waals surface area (Å²) in [6.07, 6.45) is -4.78. The Morgan fingerprint density at radius 3 is 2.28 bits per heavy atom. The van der Waals surface area contributed by atoms with E-state index >= 15 is 0 Å². The average molecular weight is 661 g/mol. The lowest BCUT2D eigenvalue weighted by Gasteiger charge is -2.11. The van der Waals surface area contributed by atoms with Crippen LogP contribution in [0.2, 0.25) is 0 Å². The van der Waals surface area contributed by atoms with Gasteiger partial charge in [0.25, 0.3) is 11.8 Å². The first kappa shape index (κ1) is 31.2. The molecule has 2 N–H and O–H groups in total. The molecule has 0 atom stereocenters. The fourth-order valence-corrected chi connectivity index (χ4v) is 5.49. The number of carbonyl (C=O) groups excluding carboxylic acids is 3. The molecule has 15 heteroatoms. The van der Waals surface area contributed by atoms with Gasteiger partial charge in [0.05, 0.1) is 35.2 Å². The van der Waals surface area contributed by atoms with Crippen LogP contribution in [0, 0.1) is 0 Å². The molecule has 0 aliphatic heterocycles. The summed E-state index contributed by atoms with van der Waals surface area (Å²) < 4.78 is 53.4. The van der Waals surface area contributed by atoms with Crippen molar-refractivity contribution < 1.29 is 37.0 Å². The van der Waals surface area contributed by atoms with Crippen LogP contribution in [0.3, 0.4) is 0 Å². The van der Waals surface area contributed by atoms with Crippen molar-refractivity contribution in [2.45, 2.75) is 13.1 Å². The Hall–Kier alpha value is -5.83. The molecule has 6 aromatic rings. The molecule has 11 nitrogen and oxygen atoms in total. The topological polar surface area (TPSA) is 137 Å². The molecule has 3 heterocycles. The van der Waals surface area contributed by atoms with Crippen molar-refractivity contribution in [1.29, 1.82) is 0 Å². The van der Waals surface area contributed by atoms with E-state index in [0.717, 1.165) is 12.1 Å². The molecule has 0 spiro atoms. The smallest absolute Gasteiger partial charge is 0.433 e. The third-order valence-electron chi connectivity index (χ3n) is 6.86. The number of amides is 2. The van der Waals surface area contributed by atoms with Crippen molar-refractivity contribution in [1.82, 2.24) is 19.6 Å². The van der Waals surface area contributed by atoms with Crippen LogP contribution < -0.4 is 15.4 Å². The van der Waals surface area contributed by atoms with Crippen LogP contribution in [0.15, 0.2) is 78.9 Å². The Morgan fingerprint density at radius 1 is 0.872 bits per heavy atom. The summed E-state index contributed by atoms with van der Waals surface area (Å²) in [5, 5.41) is 9.48. The highest BCUT2D eigenvalue weighted by molar-refractivity contribution is 7.22. The van der Waals surface area contributed by atoms with E-state index < -0.39 is 29.7 Å². The average Bonchev–Trinajstić information content (AvgIpc) is 3.67. The number of halogens is 3. The SMILES string of the molecule is CCOC(=O)c1ccc2nc(NC(=O)c3ccc(NC(=O)c4cc5nc(-c6ccc(OC)cc6)cc(C(F)(F)F)n5n4)cc3)sc2c1. The zero-order valence-corrected chi connectivity index (χ0v) is 25.4. The summed E-state index contributed by atoms with van der Waals surface area (Å²) in [4.78, 5) is 46.5. The first-order chi connectivity index (χ1) is 22.5. The van der Waals surface area contributed by atoms with E-state index in [1.807, 2.05) is 0 Å². The summed E-state index contributed by atoms with van der Waals surface area (Å²) in [6, 6.07) is 19.1. The van der Waals surface area contributed by atoms with Crippen LogP contribution in [0.25, 0.3) is 27.1 Å². The molecule has 238 valence electrons. The highest BCUT2D eigenvalue weighted by atomic mass is 32.1. The number of thiazole rings is 1. The minimum Gasteiger partial charge on any atom is -0.497 e. The predicted octanol–water partition coefficient (Wildman–Crippen LogP) is 6.71. The van der Waals surface area contributed by atoms with Gasteiger partial charge in [-0.05, 0) is 79.7 Å². The van der Waals surface area contributed by atoms with Gasteiger partial charge in [0.15, 0.2) is 22.2 Å². The van der Waals surface area contributed by atoms with E-state index in [4.69, 9.17) is 9.47 Å². The number of alkyl halides is 3. The number of rotatable bonds is 8. The number of esters is 1. The number of methoxy groups -OCH3 is 1. The minimum absolute atomic E-state index is 0.0421. The van der Waals surface area contributed by atoms with Crippen molar-refractivity contribution in [3.8, 4) is 17.0 Å². The number of nitrogens with one attached hydrogen (secondary N) is 2. The molecule has 3 aromatic heterocycles. The Labute approximate surface area is 268 Å². The molecular weight excluding hydrogens is 637 g/mol. The summed E-state index contributed by atoms with van der Waals surface area (Å²) >= 11 is 1.19. The van der Waals surface area contributed by atoms with Crippen molar-refractivity contribution >= 4 is 55.8 Å². The number of nitrogens with zero attached hydrogens (tertiary/aromatic N) is 4. The number of benzene rings is 3. The zero-order chi connectivity index (χ0) is 33.3. The summed E-state index contributed by atoms with van der Waals surface area (Å²) in [5.41, 5.74) is 0.395. The molecule has 0 saturated carbocycles. The molecule has 3 aromatic carbocycles. The Morgan fingerprint density at radius 2 is 1.60 bits per heavy atom. The van der Waals surface area contributed by atoms with Gasteiger partial charge in [-0.1, -0.05) is 11.3 Å². The van der Waals surface area contributed by atoms with E-state index in [0.29, 0.717) is 36.7 Å². The Bertz CT molecular complexity index is 2140. The van der Waals surface area contributed by atoms with Crippen molar-refractivity contribution in [3.63, 3.8) is 0 Å². The molecule has 2 amide bonds. The highest BCUT2D eigenvalue weighted by Crippen LogP contribution is 2.33. The molecule has 6 rings (SSSR count). The number of anilines is 2.